The van der Waals surface area contributed by atoms with Gasteiger partial charge < -0.3 is 31.0 Å². The molecule has 0 saturated carbocycles. The third-order valence-electron chi connectivity index (χ3n) is 9.66. The minimum absolute atomic E-state index is 0. The topological polar surface area (TPSA) is 171 Å². The molecule has 6 N–H and O–H groups in total. The summed E-state index contributed by atoms with van der Waals surface area (Å²) in [6.45, 7) is 1.99. The van der Waals surface area contributed by atoms with E-state index in [1.54, 1.807) is 12.1 Å². The fourth-order valence-electron chi connectivity index (χ4n) is 7.52. The zero-order valence-corrected chi connectivity index (χ0v) is 28.4. The van der Waals surface area contributed by atoms with Crippen molar-refractivity contribution in [3.63, 3.8) is 0 Å². The molecule has 9 nitrogen and oxygen atoms in total. The van der Waals surface area contributed by atoms with E-state index in [2.05, 4.69) is 4.99 Å². The number of benzene rings is 3. The van der Waals surface area contributed by atoms with Gasteiger partial charge in [-0.1, -0.05) is 49.4 Å². The van der Waals surface area contributed by atoms with Crippen molar-refractivity contribution in [2.24, 2.45) is 28.3 Å². The first-order chi connectivity index (χ1) is 21.0. The first kappa shape index (κ1) is 33.5. The second kappa shape index (κ2) is 13.5. The Morgan fingerprint density at radius 3 is 2.40 bits per heavy atom. The second-order valence-electron chi connectivity index (χ2n) is 12.3. The van der Waals surface area contributed by atoms with Crippen LogP contribution in [0.3, 0.4) is 0 Å². The summed E-state index contributed by atoms with van der Waals surface area (Å²) in [4.78, 5) is 4.36. The Labute approximate surface area is 286 Å². The summed E-state index contributed by atoms with van der Waals surface area (Å²) in [5, 5.41) is 20.1. The number of ether oxygens (including phenoxy) is 1. The summed E-state index contributed by atoms with van der Waals surface area (Å²) in [5.41, 5.74) is 16.6. The maximum absolute atomic E-state index is 13.2. The van der Waals surface area contributed by atoms with Crippen LogP contribution in [0.4, 0.5) is 0 Å². The smallest absolute Gasteiger partial charge is 0.748 e. The van der Waals surface area contributed by atoms with E-state index in [0.29, 0.717) is 29.7 Å². The monoisotopic (exact) mass is 639 g/mol. The number of guanidine groups is 1. The molecule has 9 rings (SSSR count). The van der Waals surface area contributed by atoms with Crippen molar-refractivity contribution in [2.45, 2.75) is 68.4 Å². The molecule has 7 unspecified atom stereocenters. The van der Waals surface area contributed by atoms with E-state index < -0.39 is 33.6 Å². The summed E-state index contributed by atoms with van der Waals surface area (Å²) >= 11 is 0. The predicted molar refractivity (Wildman–Crippen MR) is 167 cm³/mol. The van der Waals surface area contributed by atoms with Crippen molar-refractivity contribution >= 4 is 16.1 Å². The summed E-state index contributed by atoms with van der Waals surface area (Å²) in [6.07, 6.45) is 2.94. The maximum atomic E-state index is 13.2. The Morgan fingerprint density at radius 1 is 1.07 bits per heavy atom. The van der Waals surface area contributed by atoms with E-state index in [4.69, 9.17) is 16.2 Å². The molecule has 3 aromatic rings. The van der Waals surface area contributed by atoms with Crippen LogP contribution in [0.2, 0.25) is 0 Å². The number of aliphatic hydroxyl groups excluding tert-OH is 1. The van der Waals surface area contributed by atoms with E-state index >= 15 is 0 Å². The van der Waals surface area contributed by atoms with Gasteiger partial charge in [0.15, 0.2) is 5.96 Å². The fraction of sp³-hybridized carbons (Fsp3) is 0.382. The van der Waals surface area contributed by atoms with Crippen molar-refractivity contribution in [3.8, 4) is 11.5 Å². The number of nitrogens with zero attached hydrogens (tertiary/aromatic N) is 1. The number of nitrogens with two attached hydrogens (primary N) is 2. The fourth-order valence-corrected chi connectivity index (χ4v) is 8.62. The van der Waals surface area contributed by atoms with E-state index in [1.807, 2.05) is 55.5 Å². The van der Waals surface area contributed by atoms with Crippen LogP contribution in [0.15, 0.2) is 83.4 Å². The van der Waals surface area contributed by atoms with Gasteiger partial charge in [0.25, 0.3) is 0 Å². The molecule has 6 aliphatic rings. The molecule has 11 heteroatoms. The molecule has 4 heterocycles. The average Bonchev–Trinajstić information content (AvgIpc) is 3.00. The molecule has 2 aliphatic carbocycles. The molecule has 4 aliphatic heterocycles. The van der Waals surface area contributed by atoms with Gasteiger partial charge in [0.2, 0.25) is 6.23 Å². The van der Waals surface area contributed by atoms with Gasteiger partial charge in [-0.05, 0) is 114 Å². The molecule has 0 amide bonds. The van der Waals surface area contributed by atoms with Crippen LogP contribution < -0.4 is 45.8 Å². The van der Waals surface area contributed by atoms with Crippen LogP contribution in [-0.4, -0.2) is 34.4 Å². The Hall–Kier alpha value is -2.86. The summed E-state index contributed by atoms with van der Waals surface area (Å²) in [5.74, 6) is -0.505. The molecule has 3 aromatic carbocycles. The number of allylic oxidation sites excluding steroid dienone is 1. The normalized spacial score (nSPS) is 26.3. The summed E-state index contributed by atoms with van der Waals surface area (Å²) in [6, 6.07) is 19.7. The quantitative estimate of drug-likeness (QED) is 0.108. The van der Waals surface area contributed by atoms with Crippen LogP contribution in [-0.2, 0) is 16.5 Å². The molecule has 0 fully saturated rings. The van der Waals surface area contributed by atoms with Crippen LogP contribution in [0, 0.1) is 11.8 Å². The van der Waals surface area contributed by atoms with Crippen molar-refractivity contribution in [2.75, 3.05) is 0 Å². The summed E-state index contributed by atoms with van der Waals surface area (Å²) < 4.78 is 45.9. The second-order valence-corrected chi connectivity index (χ2v) is 13.9. The van der Waals surface area contributed by atoms with E-state index in [0.717, 1.165) is 35.1 Å². The Morgan fingerprint density at radius 2 is 1.76 bits per heavy atom. The Balaban J connectivity index is 0.00000400. The Bertz CT molecular complexity index is 1690. The van der Waals surface area contributed by atoms with Crippen molar-refractivity contribution in [1.82, 2.24) is 0 Å². The number of hydrogen-bond donors (Lipinski definition) is 4. The average molecular weight is 640 g/mol. The van der Waals surface area contributed by atoms with Gasteiger partial charge in [-0.2, -0.15) is 0 Å². The van der Waals surface area contributed by atoms with E-state index in [1.165, 1.54) is 12.1 Å². The number of aromatic hydroxyl groups is 1. The molecule has 232 valence electrons. The van der Waals surface area contributed by atoms with Crippen molar-refractivity contribution < 1.29 is 57.5 Å². The molecular formula is C34H38N3NaO6S. The van der Waals surface area contributed by atoms with E-state index in [9.17, 15) is 23.2 Å². The van der Waals surface area contributed by atoms with Gasteiger partial charge in [0.1, 0.15) is 17.6 Å². The Kier molecular flexibility index (Phi) is 10.0. The largest absolute Gasteiger partial charge is 1.00 e. The molecule has 0 spiro atoms. The number of phenolic OH excluding ortho intramolecular Hbond substituents is 1. The van der Waals surface area contributed by atoms with Gasteiger partial charge in [-0.25, -0.2) is 13.4 Å². The standard InChI is InChI=1S/C34H39N3O6S.Na/c1-2-19-18-30(44(40,41)42)29-17-25(32(39)21-5-10-26(38)11-6-21)16-23-4-3-22-15-24(9-14-28(22)31(23)29)33(37-34(35)36)43-27-12-7-20(19)8-13-27;/h5-15,17,19,23,29-33,38-39H,2-4,16,18H2,1H3,(H4,35,36,37)(H,40,41,42);/q;+1/p-1. The van der Waals surface area contributed by atoms with Gasteiger partial charge in [0, 0.05) is 5.56 Å². The molecular weight excluding hydrogens is 601 g/mol. The zero-order valence-electron chi connectivity index (χ0n) is 25.5. The molecule has 0 saturated heterocycles. The van der Waals surface area contributed by atoms with E-state index in [-0.39, 0.29) is 65.4 Å². The zero-order chi connectivity index (χ0) is 31.2. The third kappa shape index (κ3) is 6.96. The molecule has 45 heavy (non-hydrogen) atoms. The van der Waals surface area contributed by atoms with Crippen LogP contribution in [0.25, 0.3) is 0 Å². The van der Waals surface area contributed by atoms with Crippen LogP contribution >= 0.6 is 0 Å². The van der Waals surface area contributed by atoms with Crippen LogP contribution in [0.1, 0.15) is 84.6 Å². The van der Waals surface area contributed by atoms with Crippen molar-refractivity contribution in [1.29, 1.82) is 0 Å². The third-order valence-corrected chi connectivity index (χ3v) is 10.9. The number of hydrogen-bond acceptors (Lipinski definition) is 7. The first-order valence-corrected chi connectivity index (χ1v) is 16.6. The summed E-state index contributed by atoms with van der Waals surface area (Å²) in [7, 11) is -4.76. The van der Waals surface area contributed by atoms with Gasteiger partial charge in [-0.15, -0.1) is 0 Å². The number of phenols is 1. The number of rotatable bonds is 5. The molecule has 7 atom stereocenters. The van der Waals surface area contributed by atoms with Gasteiger partial charge in [0.05, 0.1) is 15.4 Å². The maximum Gasteiger partial charge on any atom is 1.00 e. The van der Waals surface area contributed by atoms with Gasteiger partial charge in [-0.3, -0.25) is 0 Å². The molecule has 0 aromatic heterocycles. The first-order valence-electron chi connectivity index (χ1n) is 15.1. The minimum Gasteiger partial charge on any atom is -0.748 e. The SMILES string of the molecule is CCC1CC(S(=O)(=O)[O-])C2C=C(C(O)c3ccc(O)cc3)CC3CCc4cc(ccc4C32)C(N=C(N)N)Oc2ccc1cc2.[Na+]. The predicted octanol–water partition coefficient (Wildman–Crippen LogP) is 1.88. The molecule has 0 radical (unpaired) electrons. The van der Waals surface area contributed by atoms with Crippen LogP contribution in [0.5, 0.6) is 11.5 Å². The van der Waals surface area contributed by atoms with Crippen molar-refractivity contribution in [3.05, 3.63) is 106 Å². The minimum atomic E-state index is -4.76. The number of aryl methyl sites for hydroxylation is 1. The van der Waals surface area contributed by atoms with Gasteiger partial charge >= 0.3 is 29.6 Å². The number of aliphatic imine (C=N–C) groups is 1. The number of aliphatic hydroxyl groups is 1. The molecule has 6 bridgehead atoms.